The minimum absolute atomic E-state index is 0.362. The zero-order chi connectivity index (χ0) is 12.5. The molecule has 1 saturated carbocycles. The van der Waals surface area contributed by atoms with Gasteiger partial charge in [-0.05, 0) is 30.5 Å². The summed E-state index contributed by atoms with van der Waals surface area (Å²) in [5.41, 5.74) is -0.210. The van der Waals surface area contributed by atoms with E-state index in [1.807, 2.05) is 24.3 Å². The average molecular weight is 298 g/mol. The summed E-state index contributed by atoms with van der Waals surface area (Å²) in [6.45, 7) is 0.362. The average Bonchev–Trinajstić information content (AvgIpc) is 3.09. The Balaban J connectivity index is 1.93. The predicted molar refractivity (Wildman–Crippen MR) is 65.3 cm³/mol. The van der Waals surface area contributed by atoms with Crippen molar-refractivity contribution in [3.05, 3.63) is 34.3 Å². The molecule has 0 unspecified atom stereocenters. The molecule has 1 aromatic rings. The largest absolute Gasteiger partial charge is 0.480 e. The molecule has 1 fully saturated rings. The molecule has 0 heterocycles. The van der Waals surface area contributed by atoms with Gasteiger partial charge in [0.25, 0.3) is 0 Å². The molecule has 0 aromatic heterocycles. The molecule has 1 aromatic carbocycles. The summed E-state index contributed by atoms with van der Waals surface area (Å²) < 4.78 is 0.969. The van der Waals surface area contributed by atoms with Gasteiger partial charge in [-0.2, -0.15) is 0 Å². The Labute approximate surface area is 107 Å². The van der Waals surface area contributed by atoms with Crippen LogP contribution in [0.5, 0.6) is 0 Å². The second kappa shape index (κ2) is 4.49. The normalized spacial score (nSPS) is 16.3. The van der Waals surface area contributed by atoms with E-state index in [9.17, 15) is 9.59 Å². The molecule has 0 bridgehead atoms. The van der Waals surface area contributed by atoms with Crippen LogP contribution in [0, 0.1) is 5.41 Å². The van der Waals surface area contributed by atoms with Crippen LogP contribution in [0.25, 0.3) is 0 Å². The molecule has 5 heteroatoms. The van der Waals surface area contributed by atoms with Crippen molar-refractivity contribution in [2.24, 2.45) is 5.41 Å². The zero-order valence-electron chi connectivity index (χ0n) is 9.07. The van der Waals surface area contributed by atoms with Gasteiger partial charge in [-0.25, -0.2) is 0 Å². The molecule has 2 N–H and O–H groups in total. The van der Waals surface area contributed by atoms with Crippen molar-refractivity contribution < 1.29 is 14.7 Å². The number of hydrogen-bond acceptors (Lipinski definition) is 2. The van der Waals surface area contributed by atoms with E-state index in [0.29, 0.717) is 19.4 Å². The third-order valence-corrected chi connectivity index (χ3v) is 3.49. The lowest BCUT2D eigenvalue weighted by Gasteiger charge is -2.10. The van der Waals surface area contributed by atoms with Gasteiger partial charge in [-0.3, -0.25) is 9.59 Å². The van der Waals surface area contributed by atoms with Gasteiger partial charge in [-0.15, -0.1) is 0 Å². The first kappa shape index (κ1) is 12.1. The maximum absolute atomic E-state index is 11.7. The zero-order valence-corrected chi connectivity index (χ0v) is 10.7. The third-order valence-electron chi connectivity index (χ3n) is 2.96. The van der Waals surface area contributed by atoms with E-state index in [0.717, 1.165) is 10.0 Å². The van der Waals surface area contributed by atoms with E-state index in [1.54, 1.807) is 0 Å². The first-order valence-corrected chi connectivity index (χ1v) is 6.10. The summed E-state index contributed by atoms with van der Waals surface area (Å²) in [6.07, 6.45) is 0.878. The number of nitrogens with one attached hydrogen (secondary N) is 1. The standard InChI is InChI=1S/C12H12BrNO3/c13-9-3-1-8(2-4-9)7-14-10(15)12(5-6-12)11(16)17/h1-4H,5-7H2,(H,14,15)(H,16,17). The summed E-state index contributed by atoms with van der Waals surface area (Å²) >= 11 is 3.32. The fourth-order valence-corrected chi connectivity index (χ4v) is 1.88. The Bertz CT molecular complexity index is 451. The van der Waals surface area contributed by atoms with Crippen molar-refractivity contribution in [2.75, 3.05) is 0 Å². The highest BCUT2D eigenvalue weighted by Crippen LogP contribution is 2.46. The topological polar surface area (TPSA) is 66.4 Å². The van der Waals surface area contributed by atoms with Gasteiger partial charge in [-0.1, -0.05) is 28.1 Å². The molecule has 0 radical (unpaired) electrons. The molecule has 1 amide bonds. The highest BCUT2D eigenvalue weighted by molar-refractivity contribution is 9.10. The first-order chi connectivity index (χ1) is 8.04. The van der Waals surface area contributed by atoms with Crippen LogP contribution < -0.4 is 5.32 Å². The minimum Gasteiger partial charge on any atom is -0.480 e. The van der Waals surface area contributed by atoms with E-state index in [2.05, 4.69) is 21.2 Å². The van der Waals surface area contributed by atoms with E-state index in [1.165, 1.54) is 0 Å². The van der Waals surface area contributed by atoms with Crippen molar-refractivity contribution in [3.8, 4) is 0 Å². The molecule has 17 heavy (non-hydrogen) atoms. The molecule has 0 spiro atoms. The van der Waals surface area contributed by atoms with Crippen LogP contribution >= 0.6 is 15.9 Å². The smallest absolute Gasteiger partial charge is 0.319 e. The van der Waals surface area contributed by atoms with Gasteiger partial charge in [0.2, 0.25) is 5.91 Å². The van der Waals surface area contributed by atoms with Gasteiger partial charge in [0.1, 0.15) is 5.41 Å². The van der Waals surface area contributed by atoms with Gasteiger partial charge in [0, 0.05) is 11.0 Å². The number of carbonyl (C=O) groups excluding carboxylic acids is 1. The Morgan fingerprint density at radius 1 is 1.29 bits per heavy atom. The van der Waals surface area contributed by atoms with Crippen molar-refractivity contribution in [3.63, 3.8) is 0 Å². The van der Waals surface area contributed by atoms with Crippen molar-refractivity contribution in [2.45, 2.75) is 19.4 Å². The molecular formula is C12H12BrNO3. The predicted octanol–water partition coefficient (Wildman–Crippen LogP) is 1.93. The quantitative estimate of drug-likeness (QED) is 0.835. The van der Waals surface area contributed by atoms with Crippen LogP contribution in [0.3, 0.4) is 0 Å². The number of amides is 1. The molecule has 1 aliphatic rings. The van der Waals surface area contributed by atoms with E-state index < -0.39 is 11.4 Å². The van der Waals surface area contributed by atoms with Crippen molar-refractivity contribution >= 4 is 27.8 Å². The molecule has 0 aliphatic heterocycles. The molecule has 0 atom stereocenters. The number of benzene rings is 1. The number of carbonyl (C=O) groups is 2. The minimum atomic E-state index is -1.16. The van der Waals surface area contributed by atoms with Gasteiger partial charge in [0.05, 0.1) is 0 Å². The lowest BCUT2D eigenvalue weighted by molar-refractivity contribution is -0.149. The summed E-state index contributed by atoms with van der Waals surface area (Å²) in [6, 6.07) is 7.52. The highest BCUT2D eigenvalue weighted by Gasteiger charge is 2.56. The number of halogens is 1. The van der Waals surface area contributed by atoms with Crippen molar-refractivity contribution in [1.82, 2.24) is 5.32 Å². The molecular weight excluding hydrogens is 286 g/mol. The SMILES string of the molecule is O=C(O)C1(C(=O)NCc2ccc(Br)cc2)CC1. The first-order valence-electron chi connectivity index (χ1n) is 5.31. The fourth-order valence-electron chi connectivity index (χ4n) is 1.62. The Morgan fingerprint density at radius 2 is 1.88 bits per heavy atom. The van der Waals surface area contributed by atoms with Crippen LogP contribution in [0.4, 0.5) is 0 Å². The number of hydrogen-bond donors (Lipinski definition) is 2. The van der Waals surface area contributed by atoms with Crippen LogP contribution in [0.1, 0.15) is 18.4 Å². The molecule has 2 rings (SSSR count). The molecule has 90 valence electrons. The van der Waals surface area contributed by atoms with Crippen LogP contribution in [0.2, 0.25) is 0 Å². The number of rotatable bonds is 4. The van der Waals surface area contributed by atoms with E-state index in [4.69, 9.17) is 5.11 Å². The monoisotopic (exact) mass is 297 g/mol. The number of aliphatic carboxylic acids is 1. The maximum Gasteiger partial charge on any atom is 0.319 e. The Morgan fingerprint density at radius 3 is 2.35 bits per heavy atom. The second-order valence-corrected chi connectivity index (χ2v) is 5.11. The van der Waals surface area contributed by atoms with Gasteiger partial charge in [0.15, 0.2) is 0 Å². The van der Waals surface area contributed by atoms with Crippen LogP contribution in [-0.2, 0) is 16.1 Å². The summed E-state index contributed by atoms with van der Waals surface area (Å²) in [5.74, 6) is -1.40. The third kappa shape index (κ3) is 2.49. The van der Waals surface area contributed by atoms with Gasteiger partial charge < -0.3 is 10.4 Å². The van der Waals surface area contributed by atoms with Crippen LogP contribution in [0.15, 0.2) is 28.7 Å². The highest BCUT2D eigenvalue weighted by atomic mass is 79.9. The second-order valence-electron chi connectivity index (χ2n) is 4.20. The van der Waals surface area contributed by atoms with E-state index >= 15 is 0 Å². The lowest BCUT2D eigenvalue weighted by Crippen LogP contribution is -2.36. The Hall–Kier alpha value is -1.36. The molecule has 0 saturated heterocycles. The van der Waals surface area contributed by atoms with Crippen LogP contribution in [-0.4, -0.2) is 17.0 Å². The molecule has 1 aliphatic carbocycles. The summed E-state index contributed by atoms with van der Waals surface area (Å²) in [7, 11) is 0. The number of carboxylic acid groups (broad SMARTS) is 1. The fraction of sp³-hybridized carbons (Fsp3) is 0.333. The number of carboxylic acids is 1. The lowest BCUT2D eigenvalue weighted by atomic mass is 10.1. The van der Waals surface area contributed by atoms with E-state index in [-0.39, 0.29) is 5.91 Å². The van der Waals surface area contributed by atoms with Gasteiger partial charge >= 0.3 is 5.97 Å². The Kier molecular flexibility index (Phi) is 3.19. The summed E-state index contributed by atoms with van der Waals surface area (Å²) in [5, 5.41) is 11.6. The summed E-state index contributed by atoms with van der Waals surface area (Å²) in [4.78, 5) is 22.6. The molecule has 4 nitrogen and oxygen atoms in total. The van der Waals surface area contributed by atoms with Crippen molar-refractivity contribution in [1.29, 1.82) is 0 Å². The maximum atomic E-state index is 11.7.